The summed E-state index contributed by atoms with van der Waals surface area (Å²) in [6.45, 7) is 0. The lowest BCUT2D eigenvalue weighted by Gasteiger charge is -2.24. The van der Waals surface area contributed by atoms with E-state index in [1.807, 2.05) is 0 Å². The van der Waals surface area contributed by atoms with Crippen LogP contribution in [0.2, 0.25) is 0 Å². The van der Waals surface area contributed by atoms with Crippen molar-refractivity contribution in [2.45, 2.75) is 25.0 Å². The first kappa shape index (κ1) is 13.1. The minimum absolute atomic E-state index is 0.00204. The van der Waals surface area contributed by atoms with E-state index in [0.717, 1.165) is 19.3 Å². The van der Waals surface area contributed by atoms with Crippen molar-refractivity contribution in [1.82, 2.24) is 0 Å². The minimum atomic E-state index is -3.10. The number of carbonyl (C=O) groups excluding carboxylic acids is 1. The lowest BCUT2D eigenvalue weighted by Crippen LogP contribution is -2.28. The smallest absolute Gasteiger partial charge is 0.227 e. The summed E-state index contributed by atoms with van der Waals surface area (Å²) < 4.78 is 22.7. The van der Waals surface area contributed by atoms with Crippen molar-refractivity contribution < 1.29 is 13.2 Å². The lowest BCUT2D eigenvalue weighted by molar-refractivity contribution is -0.122. The van der Waals surface area contributed by atoms with Crippen molar-refractivity contribution >= 4 is 21.4 Å². The van der Waals surface area contributed by atoms with E-state index in [0.29, 0.717) is 11.3 Å². The Hall–Kier alpha value is -1.36. The number of para-hydroxylation sites is 1. The first-order chi connectivity index (χ1) is 8.46. The molecule has 1 aromatic rings. The van der Waals surface area contributed by atoms with Crippen LogP contribution < -0.4 is 5.32 Å². The molecule has 1 aliphatic carbocycles. The quantitative estimate of drug-likeness (QED) is 0.907. The van der Waals surface area contributed by atoms with Crippen LogP contribution in [0.1, 0.15) is 24.8 Å². The fraction of sp³-hybridized carbons (Fsp3) is 0.462. The molecule has 1 aliphatic rings. The highest BCUT2D eigenvalue weighted by atomic mass is 32.2. The SMILES string of the molecule is CS(=O)(=O)Cc1ccccc1NC(=O)C1CCC1. The Morgan fingerprint density at radius 3 is 2.56 bits per heavy atom. The highest BCUT2D eigenvalue weighted by molar-refractivity contribution is 7.89. The van der Waals surface area contributed by atoms with Crippen LogP contribution in [0, 0.1) is 5.92 Å². The van der Waals surface area contributed by atoms with Crippen molar-refractivity contribution in [2.75, 3.05) is 11.6 Å². The van der Waals surface area contributed by atoms with Crippen LogP contribution in [0.5, 0.6) is 0 Å². The highest BCUT2D eigenvalue weighted by Crippen LogP contribution is 2.28. The van der Waals surface area contributed by atoms with E-state index >= 15 is 0 Å². The van der Waals surface area contributed by atoms with Crippen LogP contribution >= 0.6 is 0 Å². The van der Waals surface area contributed by atoms with Crippen molar-refractivity contribution in [3.05, 3.63) is 29.8 Å². The summed E-state index contributed by atoms with van der Waals surface area (Å²) in [6.07, 6.45) is 4.15. The number of nitrogens with one attached hydrogen (secondary N) is 1. The highest BCUT2D eigenvalue weighted by Gasteiger charge is 2.25. The monoisotopic (exact) mass is 267 g/mol. The zero-order valence-electron chi connectivity index (χ0n) is 10.3. The summed E-state index contributed by atoms with van der Waals surface area (Å²) in [5.74, 6) is 0.0483. The predicted molar refractivity (Wildman–Crippen MR) is 71.0 cm³/mol. The van der Waals surface area contributed by atoms with Gasteiger partial charge in [-0.2, -0.15) is 0 Å². The molecule has 0 aliphatic heterocycles. The van der Waals surface area contributed by atoms with E-state index in [-0.39, 0.29) is 17.6 Å². The molecule has 1 saturated carbocycles. The molecule has 1 N–H and O–H groups in total. The number of amides is 1. The average Bonchev–Trinajstić information content (AvgIpc) is 2.16. The number of sulfone groups is 1. The first-order valence-electron chi connectivity index (χ1n) is 6.02. The first-order valence-corrected chi connectivity index (χ1v) is 8.08. The molecule has 0 heterocycles. The van der Waals surface area contributed by atoms with Gasteiger partial charge in [-0.05, 0) is 24.5 Å². The van der Waals surface area contributed by atoms with E-state index in [9.17, 15) is 13.2 Å². The summed E-state index contributed by atoms with van der Waals surface area (Å²) in [4.78, 5) is 11.9. The van der Waals surface area contributed by atoms with Gasteiger partial charge in [0.1, 0.15) is 0 Å². The molecule has 98 valence electrons. The van der Waals surface area contributed by atoms with Crippen LogP contribution in [0.15, 0.2) is 24.3 Å². The Morgan fingerprint density at radius 2 is 2.00 bits per heavy atom. The Labute approximate surface area is 107 Å². The van der Waals surface area contributed by atoms with Crippen molar-refractivity contribution in [2.24, 2.45) is 5.92 Å². The van der Waals surface area contributed by atoms with Crippen molar-refractivity contribution in [3.63, 3.8) is 0 Å². The molecule has 5 heteroatoms. The molecule has 0 unspecified atom stereocenters. The molecular formula is C13H17NO3S. The molecule has 1 amide bonds. The summed E-state index contributed by atoms with van der Waals surface area (Å²) in [5, 5.41) is 2.83. The Kier molecular flexibility index (Phi) is 3.71. The van der Waals surface area contributed by atoms with E-state index in [1.54, 1.807) is 24.3 Å². The number of benzene rings is 1. The third-order valence-corrected chi connectivity index (χ3v) is 4.00. The number of hydrogen-bond donors (Lipinski definition) is 1. The molecule has 0 saturated heterocycles. The Bertz CT molecular complexity index is 547. The maximum atomic E-state index is 11.9. The molecule has 2 rings (SSSR count). The maximum Gasteiger partial charge on any atom is 0.227 e. The fourth-order valence-electron chi connectivity index (χ4n) is 1.96. The van der Waals surface area contributed by atoms with Gasteiger partial charge in [0.2, 0.25) is 5.91 Å². The van der Waals surface area contributed by atoms with E-state index < -0.39 is 9.84 Å². The van der Waals surface area contributed by atoms with Gasteiger partial charge >= 0.3 is 0 Å². The molecule has 18 heavy (non-hydrogen) atoms. The Morgan fingerprint density at radius 1 is 1.33 bits per heavy atom. The second-order valence-electron chi connectivity index (χ2n) is 4.84. The zero-order valence-corrected chi connectivity index (χ0v) is 11.2. The third-order valence-electron chi connectivity index (χ3n) is 3.17. The van der Waals surface area contributed by atoms with Gasteiger partial charge in [0.05, 0.1) is 5.75 Å². The van der Waals surface area contributed by atoms with Crippen LogP contribution in [0.4, 0.5) is 5.69 Å². The van der Waals surface area contributed by atoms with Gasteiger partial charge in [-0.25, -0.2) is 8.42 Å². The molecule has 0 atom stereocenters. The molecule has 0 bridgehead atoms. The number of rotatable bonds is 4. The van der Waals surface area contributed by atoms with Gasteiger partial charge in [0.15, 0.2) is 9.84 Å². The molecule has 0 radical (unpaired) electrons. The summed E-state index contributed by atoms with van der Waals surface area (Å²) in [7, 11) is -3.10. The standard InChI is InChI=1S/C13H17NO3S/c1-18(16,17)9-11-5-2-3-8-12(11)14-13(15)10-6-4-7-10/h2-3,5,8,10H,4,6-7,9H2,1H3,(H,14,15). The number of anilines is 1. The summed E-state index contributed by atoms with van der Waals surface area (Å²) in [5.41, 5.74) is 1.26. The van der Waals surface area contributed by atoms with E-state index in [4.69, 9.17) is 0 Å². The largest absolute Gasteiger partial charge is 0.326 e. The second kappa shape index (κ2) is 5.10. The van der Waals surface area contributed by atoms with Crippen LogP contribution in [0.3, 0.4) is 0 Å². The summed E-state index contributed by atoms with van der Waals surface area (Å²) >= 11 is 0. The maximum absolute atomic E-state index is 11.9. The molecular weight excluding hydrogens is 250 g/mol. The van der Waals surface area contributed by atoms with Gasteiger partial charge in [-0.3, -0.25) is 4.79 Å². The second-order valence-corrected chi connectivity index (χ2v) is 6.98. The fourth-order valence-corrected chi connectivity index (χ4v) is 2.77. The molecule has 0 spiro atoms. The number of carbonyl (C=O) groups is 1. The molecule has 4 nitrogen and oxygen atoms in total. The van der Waals surface area contributed by atoms with Gasteiger partial charge in [-0.1, -0.05) is 24.6 Å². The topological polar surface area (TPSA) is 63.2 Å². The van der Waals surface area contributed by atoms with Gasteiger partial charge in [0, 0.05) is 17.9 Å². The van der Waals surface area contributed by atoms with Gasteiger partial charge in [0.25, 0.3) is 0 Å². The predicted octanol–water partition coefficient (Wildman–Crippen LogP) is 1.97. The third kappa shape index (κ3) is 3.32. The lowest BCUT2D eigenvalue weighted by atomic mass is 9.85. The zero-order chi connectivity index (χ0) is 13.2. The van der Waals surface area contributed by atoms with Crippen molar-refractivity contribution in [3.8, 4) is 0 Å². The minimum Gasteiger partial charge on any atom is -0.326 e. The molecule has 1 aromatic carbocycles. The average molecular weight is 267 g/mol. The van der Waals surface area contributed by atoms with Crippen LogP contribution in [-0.4, -0.2) is 20.6 Å². The normalized spacial score (nSPS) is 16.1. The van der Waals surface area contributed by atoms with Crippen LogP contribution in [-0.2, 0) is 20.4 Å². The van der Waals surface area contributed by atoms with Gasteiger partial charge < -0.3 is 5.32 Å². The van der Waals surface area contributed by atoms with E-state index in [2.05, 4.69) is 5.32 Å². The van der Waals surface area contributed by atoms with Gasteiger partial charge in [-0.15, -0.1) is 0 Å². The number of hydrogen-bond acceptors (Lipinski definition) is 3. The van der Waals surface area contributed by atoms with Crippen molar-refractivity contribution in [1.29, 1.82) is 0 Å². The molecule has 0 aromatic heterocycles. The van der Waals surface area contributed by atoms with Crippen LogP contribution in [0.25, 0.3) is 0 Å². The summed E-state index contributed by atoms with van der Waals surface area (Å²) in [6, 6.07) is 7.05. The molecule has 1 fully saturated rings. The van der Waals surface area contributed by atoms with E-state index in [1.165, 1.54) is 6.26 Å². The Balaban J connectivity index is 2.14.